The predicted molar refractivity (Wildman–Crippen MR) is 133 cm³/mol. The molecule has 3 N–H and O–H groups in total. The van der Waals surface area contributed by atoms with Crippen LogP contribution in [0.4, 0.5) is 11.5 Å². The number of aromatic nitrogens is 1. The third-order valence-corrected chi connectivity index (χ3v) is 8.46. The molecule has 0 atom stereocenters. The number of carbonyl (C=O) groups excluding carboxylic acids is 1. The molecule has 6 nitrogen and oxygen atoms in total. The lowest BCUT2D eigenvalue weighted by Gasteiger charge is -2.41. The van der Waals surface area contributed by atoms with Crippen molar-refractivity contribution in [2.75, 3.05) is 44.0 Å². The topological polar surface area (TPSA) is 72.9 Å². The molecule has 2 aromatic heterocycles. The number of hydrogen-bond acceptors (Lipinski definition) is 6. The van der Waals surface area contributed by atoms with E-state index in [-0.39, 0.29) is 11.3 Å². The number of benzene rings is 1. The number of H-pyrrole nitrogens is 1. The molecule has 0 amide bonds. The van der Waals surface area contributed by atoms with Crippen molar-refractivity contribution < 1.29 is 14.5 Å². The molecule has 0 aliphatic carbocycles. The molecule has 0 unspecified atom stereocenters. The Morgan fingerprint density at radius 2 is 1.88 bits per heavy atom. The fourth-order valence-corrected chi connectivity index (χ4v) is 6.02. The number of halogens is 1. The summed E-state index contributed by atoms with van der Waals surface area (Å²) in [6.45, 7) is 8.53. The maximum absolute atomic E-state index is 13.3. The Morgan fingerprint density at radius 3 is 2.56 bits per heavy atom. The normalized spacial score (nSPS) is 18.7. The molecule has 3 aromatic rings. The third kappa shape index (κ3) is 3.63. The Bertz CT molecular complexity index is 1200. The summed E-state index contributed by atoms with van der Waals surface area (Å²) in [5, 5.41) is 1.02. The summed E-state index contributed by atoms with van der Waals surface area (Å²) in [6, 6.07) is 7.46. The molecule has 1 aromatic carbocycles. The number of ether oxygens (including phenoxy) is 1. The number of hydrogen-bond donors (Lipinski definition) is 1. The summed E-state index contributed by atoms with van der Waals surface area (Å²) in [5.41, 5.74) is 10.5. The molecule has 0 radical (unpaired) electrons. The molecule has 8 heteroatoms. The van der Waals surface area contributed by atoms with E-state index in [1.54, 1.807) is 0 Å². The zero-order chi connectivity index (χ0) is 22.6. The standard InChI is InChI=1S/C24H27BrN4O2S/c1-24(2)12-16-17(13-28(24)3)22(29-8-10-31-11-9-29)27-23-18(16)19(26)21(32-23)20(30)14-4-6-15(25)7-5-14/h4-7H,8-13,26H2,1-3H3/p+1. The number of nitrogens with one attached hydrogen (secondary N) is 1. The molecule has 0 bridgehead atoms. The molecule has 5 rings (SSSR count). The smallest absolute Gasteiger partial charge is 0.280 e. The minimum atomic E-state index is -0.0292. The summed E-state index contributed by atoms with van der Waals surface area (Å²) < 4.78 is 6.53. The number of likely N-dealkylation sites (N-methyl/N-ethyl adjacent to an activating group) is 1. The predicted octanol–water partition coefficient (Wildman–Crippen LogP) is 3.89. The number of aromatic amines is 1. The van der Waals surface area contributed by atoms with Crippen LogP contribution in [0.5, 0.6) is 0 Å². The van der Waals surface area contributed by atoms with Gasteiger partial charge in [0.2, 0.25) is 5.78 Å². The van der Waals surface area contributed by atoms with Crippen molar-refractivity contribution in [1.29, 1.82) is 0 Å². The van der Waals surface area contributed by atoms with Crippen molar-refractivity contribution in [2.24, 2.45) is 0 Å². The zero-order valence-electron chi connectivity index (χ0n) is 18.6. The molecule has 2 aliphatic heterocycles. The lowest BCUT2D eigenvalue weighted by Crippen LogP contribution is -2.48. The van der Waals surface area contributed by atoms with Gasteiger partial charge in [-0.05, 0) is 57.1 Å². The SMILES string of the molecule is CN1Cc2c(N3CCOCC3)[nH+]c3sc(C(=O)c4ccc(Br)cc4)c(N)c3c2CC1(C)C. The number of pyridine rings is 1. The Labute approximate surface area is 200 Å². The summed E-state index contributed by atoms with van der Waals surface area (Å²) in [5.74, 6) is 1.11. The van der Waals surface area contributed by atoms with E-state index in [2.05, 4.69) is 51.6 Å². The zero-order valence-corrected chi connectivity index (χ0v) is 21.0. The van der Waals surface area contributed by atoms with Gasteiger partial charge in [0.05, 0.1) is 29.9 Å². The van der Waals surface area contributed by atoms with Crippen molar-refractivity contribution in [3.63, 3.8) is 0 Å². The third-order valence-electron chi connectivity index (χ3n) is 6.81. The van der Waals surface area contributed by atoms with Crippen LogP contribution >= 0.6 is 27.3 Å². The van der Waals surface area contributed by atoms with Crippen LogP contribution in [0.1, 0.15) is 40.2 Å². The molecule has 168 valence electrons. The molecular formula is C24H28BrN4O2S+. The van der Waals surface area contributed by atoms with Crippen molar-refractivity contribution in [2.45, 2.75) is 32.4 Å². The van der Waals surface area contributed by atoms with Crippen molar-refractivity contribution in [3.05, 3.63) is 50.3 Å². The van der Waals surface area contributed by atoms with Crippen molar-refractivity contribution in [3.8, 4) is 0 Å². The minimum absolute atomic E-state index is 0.00776. The van der Waals surface area contributed by atoms with E-state index in [0.717, 1.165) is 59.8 Å². The average molecular weight is 516 g/mol. The highest BCUT2D eigenvalue weighted by Gasteiger charge is 2.38. The van der Waals surface area contributed by atoms with Crippen LogP contribution in [-0.4, -0.2) is 49.6 Å². The second-order valence-corrected chi connectivity index (χ2v) is 11.2. The molecule has 0 spiro atoms. The quantitative estimate of drug-likeness (QED) is 0.535. The largest absolute Gasteiger partial charge is 0.397 e. The van der Waals surface area contributed by atoms with Gasteiger partial charge < -0.3 is 10.5 Å². The first-order valence-electron chi connectivity index (χ1n) is 10.9. The number of nitrogens with zero attached hydrogens (tertiary/aromatic N) is 2. The first kappa shape index (κ1) is 21.8. The highest BCUT2D eigenvalue weighted by atomic mass is 79.9. The van der Waals surface area contributed by atoms with Crippen LogP contribution < -0.4 is 15.6 Å². The number of nitrogen functional groups attached to an aromatic ring is 1. The number of ketones is 1. The summed E-state index contributed by atoms with van der Waals surface area (Å²) >= 11 is 4.91. The Morgan fingerprint density at radius 1 is 1.19 bits per heavy atom. The van der Waals surface area contributed by atoms with Crippen molar-refractivity contribution in [1.82, 2.24) is 4.90 Å². The Hall–Kier alpha value is -2.00. The van der Waals surface area contributed by atoms with Crippen LogP contribution in [0.2, 0.25) is 0 Å². The lowest BCUT2D eigenvalue weighted by atomic mass is 9.84. The highest BCUT2D eigenvalue weighted by molar-refractivity contribution is 9.10. The van der Waals surface area contributed by atoms with Crippen LogP contribution in [-0.2, 0) is 17.7 Å². The number of morpholine rings is 1. The van der Waals surface area contributed by atoms with Gasteiger partial charge in [-0.25, -0.2) is 4.98 Å². The molecule has 2 aliphatic rings. The van der Waals surface area contributed by atoms with E-state index in [4.69, 9.17) is 10.5 Å². The minimum Gasteiger partial charge on any atom is -0.397 e. The molecule has 1 saturated heterocycles. The van der Waals surface area contributed by atoms with E-state index in [9.17, 15) is 4.79 Å². The molecule has 4 heterocycles. The number of carbonyl (C=O) groups is 1. The van der Waals surface area contributed by atoms with E-state index in [1.807, 2.05) is 24.3 Å². The fourth-order valence-electron chi connectivity index (χ4n) is 4.65. The molecule has 32 heavy (non-hydrogen) atoms. The van der Waals surface area contributed by atoms with Gasteiger partial charge in [-0.1, -0.05) is 27.3 Å². The van der Waals surface area contributed by atoms with Crippen LogP contribution in [0.25, 0.3) is 10.2 Å². The maximum Gasteiger partial charge on any atom is 0.280 e. The number of rotatable bonds is 3. The second kappa shape index (κ2) is 8.09. The summed E-state index contributed by atoms with van der Waals surface area (Å²) in [4.78, 5) is 23.4. The van der Waals surface area contributed by atoms with Gasteiger partial charge in [-0.2, -0.15) is 0 Å². The number of nitrogens with two attached hydrogens (primary N) is 1. The van der Waals surface area contributed by atoms with Crippen molar-refractivity contribution >= 4 is 54.8 Å². The van der Waals surface area contributed by atoms with E-state index < -0.39 is 0 Å². The second-order valence-electron chi connectivity index (χ2n) is 9.26. The molecule has 0 saturated carbocycles. The summed E-state index contributed by atoms with van der Waals surface area (Å²) in [7, 11) is 2.18. The Kier molecular flexibility index (Phi) is 5.52. The lowest BCUT2D eigenvalue weighted by molar-refractivity contribution is -0.329. The summed E-state index contributed by atoms with van der Waals surface area (Å²) in [6.07, 6.45) is 0.883. The number of anilines is 2. The van der Waals surface area contributed by atoms with Gasteiger partial charge in [-0.15, -0.1) is 0 Å². The number of thiophene rings is 1. The van der Waals surface area contributed by atoms with Gasteiger partial charge in [0.1, 0.15) is 18.0 Å². The van der Waals surface area contributed by atoms with E-state index in [1.165, 1.54) is 22.5 Å². The molecular weight excluding hydrogens is 488 g/mol. The first-order valence-corrected chi connectivity index (χ1v) is 12.5. The average Bonchev–Trinajstić information content (AvgIpc) is 3.11. The van der Waals surface area contributed by atoms with Crippen LogP contribution in [0.3, 0.4) is 0 Å². The van der Waals surface area contributed by atoms with Gasteiger partial charge >= 0.3 is 0 Å². The van der Waals surface area contributed by atoms with Crippen LogP contribution in [0, 0.1) is 0 Å². The van der Waals surface area contributed by atoms with Gasteiger partial charge in [0, 0.05) is 22.1 Å². The first-order chi connectivity index (χ1) is 15.3. The van der Waals surface area contributed by atoms with E-state index >= 15 is 0 Å². The molecule has 1 fully saturated rings. The fraction of sp³-hybridized carbons (Fsp3) is 0.417. The monoisotopic (exact) mass is 515 g/mol. The maximum atomic E-state index is 13.3. The number of fused-ring (bicyclic) bond motifs is 3. The van der Waals surface area contributed by atoms with Gasteiger partial charge in [0.15, 0.2) is 4.83 Å². The highest BCUT2D eigenvalue weighted by Crippen LogP contribution is 2.43. The Balaban J connectivity index is 1.70. The van der Waals surface area contributed by atoms with Gasteiger partial charge in [-0.3, -0.25) is 14.6 Å². The van der Waals surface area contributed by atoms with Crippen LogP contribution in [0.15, 0.2) is 28.7 Å². The van der Waals surface area contributed by atoms with Gasteiger partial charge in [0.25, 0.3) is 5.82 Å². The van der Waals surface area contributed by atoms with E-state index in [0.29, 0.717) is 16.1 Å².